The van der Waals surface area contributed by atoms with Crippen molar-refractivity contribution in [1.29, 1.82) is 0 Å². The van der Waals surface area contributed by atoms with Crippen molar-refractivity contribution >= 4 is 56.6 Å². The van der Waals surface area contributed by atoms with Crippen molar-refractivity contribution in [2.24, 2.45) is 0 Å². The minimum absolute atomic E-state index is 0.169. The summed E-state index contributed by atoms with van der Waals surface area (Å²) in [6.45, 7) is 2.73. The minimum atomic E-state index is -3.24. The van der Waals surface area contributed by atoms with Crippen LogP contribution in [0.5, 0.6) is 5.75 Å². The molecule has 0 N–H and O–H groups in total. The number of piperidine rings is 1. The SMILES string of the molecule is BC(B)(B)N1C(=O)C2(CCN(CCOc3cnc(C4(S(C)(=O)=O)CC4)nc3)CC2)c2cc(Cl)ccc21. The van der Waals surface area contributed by atoms with Crippen LogP contribution in [0.4, 0.5) is 5.69 Å². The molecular formula is C23H30B3ClN4O4S. The first-order chi connectivity index (χ1) is 16.9. The van der Waals surface area contributed by atoms with E-state index in [1.54, 1.807) is 12.4 Å². The number of likely N-dealkylation sites (tertiary alicyclic amines) is 1. The Labute approximate surface area is 220 Å². The van der Waals surface area contributed by atoms with Gasteiger partial charge in [0.25, 0.3) is 0 Å². The third-order valence-corrected chi connectivity index (χ3v) is 10.1. The van der Waals surface area contributed by atoms with Gasteiger partial charge in [0.05, 0.1) is 17.8 Å². The molecule has 0 bridgehead atoms. The molecule has 1 saturated heterocycles. The van der Waals surface area contributed by atoms with Gasteiger partial charge < -0.3 is 9.64 Å². The van der Waals surface area contributed by atoms with Gasteiger partial charge in [-0.1, -0.05) is 11.6 Å². The Bertz CT molecular complexity index is 1290. The molecule has 36 heavy (non-hydrogen) atoms. The molecule has 5 rings (SSSR count). The van der Waals surface area contributed by atoms with E-state index in [-0.39, 0.29) is 11.1 Å². The molecule has 1 aromatic heterocycles. The van der Waals surface area contributed by atoms with Crippen LogP contribution in [0.25, 0.3) is 0 Å². The zero-order valence-electron chi connectivity index (χ0n) is 21.3. The number of hydrogen-bond donors (Lipinski definition) is 0. The van der Waals surface area contributed by atoms with E-state index in [4.69, 9.17) is 16.3 Å². The van der Waals surface area contributed by atoms with Gasteiger partial charge in [0, 0.05) is 23.5 Å². The quantitative estimate of drug-likeness (QED) is 0.447. The Morgan fingerprint density at radius 3 is 2.31 bits per heavy atom. The van der Waals surface area contributed by atoms with Gasteiger partial charge in [-0.3, -0.25) is 9.69 Å². The summed E-state index contributed by atoms with van der Waals surface area (Å²) in [6.07, 6.45) is 6.94. The summed E-state index contributed by atoms with van der Waals surface area (Å²) >= 11 is 6.35. The Balaban J connectivity index is 1.20. The molecule has 0 atom stereocenters. The fourth-order valence-electron chi connectivity index (χ4n) is 5.63. The van der Waals surface area contributed by atoms with Gasteiger partial charge in [-0.2, -0.15) is 0 Å². The van der Waals surface area contributed by atoms with E-state index in [1.165, 1.54) is 6.26 Å². The summed E-state index contributed by atoms with van der Waals surface area (Å²) in [7, 11) is 2.96. The molecule has 8 nitrogen and oxygen atoms in total. The van der Waals surface area contributed by atoms with E-state index >= 15 is 0 Å². The van der Waals surface area contributed by atoms with E-state index in [9.17, 15) is 13.2 Å². The number of aromatic nitrogens is 2. The van der Waals surface area contributed by atoms with Crippen LogP contribution in [-0.2, 0) is 24.8 Å². The third kappa shape index (κ3) is 4.25. The average Bonchev–Trinajstić information content (AvgIpc) is 3.59. The summed E-state index contributed by atoms with van der Waals surface area (Å²) in [5, 5.41) is 0.344. The van der Waals surface area contributed by atoms with Crippen LogP contribution in [0, 0.1) is 0 Å². The van der Waals surface area contributed by atoms with E-state index in [2.05, 4.69) is 38.4 Å². The van der Waals surface area contributed by atoms with Crippen molar-refractivity contribution in [3.8, 4) is 5.75 Å². The lowest BCUT2D eigenvalue weighted by molar-refractivity contribution is -0.125. The van der Waals surface area contributed by atoms with Gasteiger partial charge in [0.15, 0.2) is 15.6 Å². The molecule has 2 aromatic rings. The van der Waals surface area contributed by atoms with Gasteiger partial charge in [-0.25, -0.2) is 18.4 Å². The maximum atomic E-state index is 13.8. The number of anilines is 1. The highest BCUT2D eigenvalue weighted by Gasteiger charge is 2.56. The predicted molar refractivity (Wildman–Crippen MR) is 148 cm³/mol. The number of carbonyl (C=O) groups excluding carboxylic acids is 1. The molecule has 1 saturated carbocycles. The normalized spacial score (nSPS) is 20.9. The molecule has 3 aliphatic rings. The van der Waals surface area contributed by atoms with E-state index < -0.39 is 20.0 Å². The summed E-state index contributed by atoms with van der Waals surface area (Å²) in [6, 6.07) is 5.81. The lowest BCUT2D eigenvalue weighted by Crippen LogP contribution is -2.57. The first kappa shape index (κ1) is 25.6. The number of hydrogen-bond acceptors (Lipinski definition) is 7. The number of ether oxygens (including phenoxy) is 1. The maximum Gasteiger partial charge on any atom is 0.236 e. The summed E-state index contributed by atoms with van der Waals surface area (Å²) in [5.74, 6) is 1.04. The number of sulfone groups is 1. The molecular weight excluding hydrogens is 496 g/mol. The van der Waals surface area contributed by atoms with Crippen molar-refractivity contribution in [3.05, 3.63) is 47.0 Å². The predicted octanol–water partition coefficient (Wildman–Crippen LogP) is -0.566. The van der Waals surface area contributed by atoms with Gasteiger partial charge in [0.2, 0.25) is 5.91 Å². The molecule has 1 aliphatic carbocycles. The van der Waals surface area contributed by atoms with Crippen molar-refractivity contribution in [3.63, 3.8) is 0 Å². The fourth-order valence-corrected chi connectivity index (χ4v) is 7.08. The smallest absolute Gasteiger partial charge is 0.236 e. The highest BCUT2D eigenvalue weighted by atomic mass is 35.5. The first-order valence-electron chi connectivity index (χ1n) is 12.4. The maximum absolute atomic E-state index is 13.8. The Morgan fingerprint density at radius 2 is 1.75 bits per heavy atom. The second-order valence-corrected chi connectivity index (χ2v) is 14.0. The summed E-state index contributed by atoms with van der Waals surface area (Å²) in [4.78, 5) is 26.6. The number of fused-ring (bicyclic) bond motifs is 2. The van der Waals surface area contributed by atoms with Crippen molar-refractivity contribution in [2.75, 3.05) is 37.4 Å². The zero-order valence-corrected chi connectivity index (χ0v) is 22.8. The molecule has 0 radical (unpaired) electrons. The molecule has 0 unspecified atom stereocenters. The largest absolute Gasteiger partial charge is 0.489 e. The van der Waals surface area contributed by atoms with Crippen LogP contribution in [0.1, 0.15) is 37.1 Å². The molecule has 1 aromatic carbocycles. The van der Waals surface area contributed by atoms with Crippen LogP contribution in [0.15, 0.2) is 30.6 Å². The second-order valence-electron chi connectivity index (χ2n) is 11.3. The highest BCUT2D eigenvalue weighted by molar-refractivity contribution is 7.91. The Kier molecular flexibility index (Phi) is 6.24. The Morgan fingerprint density at radius 1 is 1.11 bits per heavy atom. The van der Waals surface area contributed by atoms with Crippen molar-refractivity contribution in [2.45, 2.75) is 41.1 Å². The first-order valence-corrected chi connectivity index (χ1v) is 14.7. The van der Waals surface area contributed by atoms with Gasteiger partial charge in [0.1, 0.15) is 40.7 Å². The number of nitrogens with zero attached hydrogens (tertiary/aromatic N) is 4. The molecule has 13 heteroatoms. The van der Waals surface area contributed by atoms with E-state index in [1.807, 2.05) is 23.1 Å². The minimum Gasteiger partial charge on any atom is -0.489 e. The molecule has 1 amide bonds. The van der Waals surface area contributed by atoms with Gasteiger partial charge >= 0.3 is 0 Å². The van der Waals surface area contributed by atoms with E-state index in [0.717, 1.165) is 37.2 Å². The number of amides is 1. The standard InChI is InChI=1S/C23H30B3ClN4O4S/c1-36(33,34)22(4-5-22)19-28-13-16(14-29-19)35-11-10-30-8-6-21(7-9-30)17-12-15(27)2-3-18(17)31(20(21)32)23(24,25)26/h2-3,12-14H,4-11,24-26H2,1H3. The molecule has 1 spiro atoms. The summed E-state index contributed by atoms with van der Waals surface area (Å²) < 4.78 is 29.1. The number of benzene rings is 1. The third-order valence-electron chi connectivity index (χ3n) is 7.83. The zero-order chi connectivity index (χ0) is 25.9. The van der Waals surface area contributed by atoms with E-state index in [0.29, 0.717) is 42.6 Å². The van der Waals surface area contributed by atoms with Crippen molar-refractivity contribution in [1.82, 2.24) is 14.9 Å². The monoisotopic (exact) mass is 526 g/mol. The lowest BCUT2D eigenvalue weighted by Gasteiger charge is -2.40. The molecule has 188 valence electrons. The lowest BCUT2D eigenvalue weighted by atomic mass is 9.48. The van der Waals surface area contributed by atoms with Crippen LogP contribution >= 0.6 is 11.6 Å². The number of rotatable bonds is 7. The van der Waals surface area contributed by atoms with Crippen molar-refractivity contribution < 1.29 is 17.9 Å². The Hall–Kier alpha value is -2.04. The number of carbonyl (C=O) groups is 1. The highest BCUT2D eigenvalue weighted by Crippen LogP contribution is 2.51. The molecule has 3 heterocycles. The molecule has 2 fully saturated rings. The van der Waals surface area contributed by atoms with Crippen LogP contribution in [0.3, 0.4) is 0 Å². The molecule has 2 aliphatic heterocycles. The fraction of sp³-hybridized carbons (Fsp3) is 0.522. The van der Waals surface area contributed by atoms with Gasteiger partial charge in [-0.15, -0.1) is 0 Å². The topological polar surface area (TPSA) is 92.7 Å². The van der Waals surface area contributed by atoms with Crippen LogP contribution in [0.2, 0.25) is 5.02 Å². The summed E-state index contributed by atoms with van der Waals surface area (Å²) in [5.41, 5.74) is 1.49. The number of halogens is 1. The van der Waals surface area contributed by atoms with Crippen LogP contribution < -0.4 is 9.64 Å². The van der Waals surface area contributed by atoms with Gasteiger partial charge in [-0.05, 0) is 67.8 Å². The second kappa shape index (κ2) is 8.77. The van der Waals surface area contributed by atoms with Crippen LogP contribution in [-0.4, -0.2) is 90.5 Å². The average molecular weight is 526 g/mol.